The molecule has 1 atom stereocenters. The first kappa shape index (κ1) is 15.2. The topological polar surface area (TPSA) is 65.2 Å². The predicted octanol–water partition coefficient (Wildman–Crippen LogP) is 3.16. The lowest BCUT2D eigenvalue weighted by Crippen LogP contribution is -2.57. The van der Waals surface area contributed by atoms with Gasteiger partial charge in [0.2, 0.25) is 5.91 Å². The van der Waals surface area contributed by atoms with Crippen LogP contribution in [0, 0.1) is 0 Å². The fraction of sp³-hybridized carbons (Fsp3) is 0.238. The highest BCUT2D eigenvalue weighted by Crippen LogP contribution is 2.49. The molecule has 5 heteroatoms. The number of aromatic amines is 1. The van der Waals surface area contributed by atoms with E-state index in [9.17, 15) is 9.59 Å². The Morgan fingerprint density at radius 2 is 1.92 bits per heavy atom. The summed E-state index contributed by atoms with van der Waals surface area (Å²) in [5, 5.41) is 4.13. The quantitative estimate of drug-likeness (QED) is 0.711. The molecule has 2 amide bonds. The molecule has 1 spiro atoms. The van der Waals surface area contributed by atoms with Gasteiger partial charge in [-0.15, -0.1) is 0 Å². The van der Waals surface area contributed by atoms with E-state index >= 15 is 0 Å². The summed E-state index contributed by atoms with van der Waals surface area (Å²) in [5.74, 6) is -0.172. The molecule has 0 radical (unpaired) electrons. The van der Waals surface area contributed by atoms with Gasteiger partial charge in [0.25, 0.3) is 5.91 Å². The molecule has 0 saturated heterocycles. The molecule has 0 aliphatic carbocycles. The Morgan fingerprint density at radius 1 is 1.15 bits per heavy atom. The highest BCUT2D eigenvalue weighted by atomic mass is 16.2. The van der Waals surface area contributed by atoms with E-state index in [1.54, 1.807) is 4.90 Å². The normalized spacial score (nSPS) is 21.0. The molecule has 0 unspecified atom stereocenters. The van der Waals surface area contributed by atoms with Crippen LogP contribution in [0.2, 0.25) is 0 Å². The standard InChI is InChI=1S/C21H19N3O2/c1-2-18(25)24-12-11-14-13-7-3-5-9-16(13)22-19(14)21(24)15-8-4-6-10-17(15)23-20(21)26/h3-10,22H,2,11-12H2,1H3,(H,23,26)/t21-/m0/s1. The first-order valence-corrected chi connectivity index (χ1v) is 8.99. The van der Waals surface area contributed by atoms with Crippen LogP contribution in [0.1, 0.15) is 30.2 Å². The summed E-state index contributed by atoms with van der Waals surface area (Å²) in [6.07, 6.45) is 1.11. The zero-order valence-electron chi connectivity index (χ0n) is 14.5. The number of nitrogens with zero attached hydrogens (tertiary/aromatic N) is 1. The van der Waals surface area contributed by atoms with Crippen LogP contribution in [-0.4, -0.2) is 28.2 Å². The van der Waals surface area contributed by atoms with Crippen molar-refractivity contribution in [1.29, 1.82) is 0 Å². The Kier molecular flexibility index (Phi) is 3.04. The lowest BCUT2D eigenvalue weighted by molar-refractivity contribution is -0.143. The van der Waals surface area contributed by atoms with Gasteiger partial charge in [-0.2, -0.15) is 0 Å². The fourth-order valence-electron chi connectivity index (χ4n) is 4.56. The van der Waals surface area contributed by atoms with Crippen LogP contribution in [0.15, 0.2) is 48.5 Å². The molecule has 0 bridgehead atoms. The monoisotopic (exact) mass is 345 g/mol. The van der Waals surface area contributed by atoms with Crippen molar-refractivity contribution in [2.45, 2.75) is 25.3 Å². The van der Waals surface area contributed by atoms with Crippen molar-refractivity contribution in [3.63, 3.8) is 0 Å². The van der Waals surface area contributed by atoms with Gasteiger partial charge in [-0.25, -0.2) is 0 Å². The van der Waals surface area contributed by atoms with Crippen LogP contribution in [-0.2, 0) is 21.5 Å². The highest BCUT2D eigenvalue weighted by molar-refractivity contribution is 6.11. The highest BCUT2D eigenvalue weighted by Gasteiger charge is 2.57. The van der Waals surface area contributed by atoms with Gasteiger partial charge in [0.1, 0.15) is 0 Å². The van der Waals surface area contributed by atoms with Crippen LogP contribution >= 0.6 is 0 Å². The number of aromatic nitrogens is 1. The lowest BCUT2D eigenvalue weighted by atomic mass is 9.79. The van der Waals surface area contributed by atoms with Crippen molar-refractivity contribution in [2.75, 3.05) is 11.9 Å². The van der Waals surface area contributed by atoms with E-state index in [0.717, 1.165) is 39.8 Å². The van der Waals surface area contributed by atoms with E-state index in [1.807, 2.05) is 49.4 Å². The zero-order chi connectivity index (χ0) is 17.9. The SMILES string of the molecule is CCC(=O)N1CCc2c([nH]c3ccccc23)[C@@]12C(=O)Nc1ccccc12. The van der Waals surface area contributed by atoms with Gasteiger partial charge in [0, 0.05) is 35.1 Å². The molecule has 2 aliphatic heterocycles. The maximum atomic E-state index is 13.4. The summed E-state index contributed by atoms with van der Waals surface area (Å²) in [6, 6.07) is 15.8. The molecule has 0 fully saturated rings. The van der Waals surface area contributed by atoms with E-state index in [2.05, 4.69) is 16.4 Å². The van der Waals surface area contributed by atoms with Crippen LogP contribution < -0.4 is 5.32 Å². The summed E-state index contributed by atoms with van der Waals surface area (Å²) in [5.41, 5.74) is 3.47. The number of rotatable bonds is 1. The maximum Gasteiger partial charge on any atom is 0.261 e. The largest absolute Gasteiger partial charge is 0.355 e. The van der Waals surface area contributed by atoms with Crippen molar-refractivity contribution in [3.05, 3.63) is 65.4 Å². The number of para-hydroxylation sites is 2. The molecule has 130 valence electrons. The molecular weight excluding hydrogens is 326 g/mol. The molecule has 3 aromatic rings. The average molecular weight is 345 g/mol. The number of benzene rings is 2. The van der Waals surface area contributed by atoms with E-state index in [4.69, 9.17) is 0 Å². The first-order chi connectivity index (χ1) is 12.7. The van der Waals surface area contributed by atoms with Crippen LogP contribution in [0.3, 0.4) is 0 Å². The number of fused-ring (bicyclic) bond motifs is 6. The van der Waals surface area contributed by atoms with E-state index in [-0.39, 0.29) is 11.8 Å². The number of anilines is 1. The maximum absolute atomic E-state index is 13.4. The molecule has 5 nitrogen and oxygen atoms in total. The van der Waals surface area contributed by atoms with E-state index in [1.165, 1.54) is 0 Å². The minimum atomic E-state index is -1.11. The Morgan fingerprint density at radius 3 is 2.77 bits per heavy atom. The van der Waals surface area contributed by atoms with Crippen molar-refractivity contribution < 1.29 is 9.59 Å². The molecule has 26 heavy (non-hydrogen) atoms. The van der Waals surface area contributed by atoms with Gasteiger partial charge in [-0.3, -0.25) is 9.59 Å². The minimum Gasteiger partial charge on any atom is -0.355 e. The van der Waals surface area contributed by atoms with E-state index in [0.29, 0.717) is 13.0 Å². The average Bonchev–Trinajstić information content (AvgIpc) is 3.19. The van der Waals surface area contributed by atoms with Gasteiger partial charge in [0.05, 0.1) is 5.69 Å². The number of carbonyl (C=O) groups excluding carboxylic acids is 2. The second-order valence-corrected chi connectivity index (χ2v) is 6.88. The zero-order valence-corrected chi connectivity index (χ0v) is 14.5. The van der Waals surface area contributed by atoms with Crippen LogP contribution in [0.4, 0.5) is 5.69 Å². The predicted molar refractivity (Wildman–Crippen MR) is 99.9 cm³/mol. The molecule has 2 aromatic carbocycles. The third-order valence-electron chi connectivity index (χ3n) is 5.66. The number of amides is 2. The Bertz CT molecular complexity index is 1070. The fourth-order valence-corrected chi connectivity index (χ4v) is 4.56. The minimum absolute atomic E-state index is 0.0128. The van der Waals surface area contributed by atoms with Gasteiger partial charge in [-0.1, -0.05) is 43.3 Å². The molecule has 5 rings (SSSR count). The Balaban J connectivity index is 1.88. The third kappa shape index (κ3) is 1.70. The van der Waals surface area contributed by atoms with Crippen molar-refractivity contribution in [1.82, 2.24) is 9.88 Å². The molecule has 0 saturated carbocycles. The van der Waals surface area contributed by atoms with Crippen LogP contribution in [0.25, 0.3) is 10.9 Å². The summed E-state index contributed by atoms with van der Waals surface area (Å²) >= 11 is 0. The van der Waals surface area contributed by atoms with Crippen molar-refractivity contribution in [2.24, 2.45) is 0 Å². The Labute approximate surface area is 151 Å². The molecule has 2 N–H and O–H groups in total. The first-order valence-electron chi connectivity index (χ1n) is 8.99. The van der Waals surface area contributed by atoms with Gasteiger partial charge in [0.15, 0.2) is 5.54 Å². The van der Waals surface area contributed by atoms with Gasteiger partial charge >= 0.3 is 0 Å². The number of nitrogens with one attached hydrogen (secondary N) is 2. The second-order valence-electron chi connectivity index (χ2n) is 6.88. The van der Waals surface area contributed by atoms with Crippen LogP contribution in [0.5, 0.6) is 0 Å². The molecule has 2 aliphatic rings. The summed E-state index contributed by atoms with van der Waals surface area (Å²) in [4.78, 5) is 31.4. The molecule has 1 aromatic heterocycles. The third-order valence-corrected chi connectivity index (χ3v) is 5.66. The summed E-state index contributed by atoms with van der Waals surface area (Å²) in [7, 11) is 0. The molecule has 3 heterocycles. The van der Waals surface area contributed by atoms with Gasteiger partial charge < -0.3 is 15.2 Å². The smallest absolute Gasteiger partial charge is 0.261 e. The number of hydrogen-bond donors (Lipinski definition) is 2. The molecular formula is C21H19N3O2. The number of hydrogen-bond acceptors (Lipinski definition) is 2. The Hall–Kier alpha value is -3.08. The van der Waals surface area contributed by atoms with E-state index < -0.39 is 5.54 Å². The summed E-state index contributed by atoms with van der Waals surface area (Å²) < 4.78 is 0. The van der Waals surface area contributed by atoms with Gasteiger partial charge in [-0.05, 0) is 24.1 Å². The van der Waals surface area contributed by atoms with Crippen molar-refractivity contribution in [3.8, 4) is 0 Å². The lowest BCUT2D eigenvalue weighted by Gasteiger charge is -2.43. The summed E-state index contributed by atoms with van der Waals surface area (Å²) in [6.45, 7) is 2.37. The second kappa shape index (κ2) is 5.21. The number of H-pyrrole nitrogens is 1. The number of carbonyl (C=O) groups is 2. The van der Waals surface area contributed by atoms with Crippen molar-refractivity contribution >= 4 is 28.4 Å².